The maximum atomic E-state index is 10.2. The molecule has 6 heteroatoms. The number of hydrogen-bond acceptors (Lipinski definition) is 4. The van der Waals surface area contributed by atoms with Gasteiger partial charge in [0.15, 0.2) is 0 Å². The van der Waals surface area contributed by atoms with Crippen LogP contribution in [0.5, 0.6) is 5.75 Å². The van der Waals surface area contributed by atoms with E-state index in [4.69, 9.17) is 9.66 Å². The second-order valence-corrected chi connectivity index (χ2v) is 3.45. The molecular formula is C7H8O5S. The Morgan fingerprint density at radius 2 is 1.77 bits per heavy atom. The van der Waals surface area contributed by atoms with Gasteiger partial charge in [0, 0.05) is 0 Å². The number of rotatable bonds is 3. The van der Waals surface area contributed by atoms with Crippen LogP contribution in [0.3, 0.4) is 0 Å². The van der Waals surface area contributed by atoms with Crippen molar-refractivity contribution in [3.63, 3.8) is 0 Å². The summed E-state index contributed by atoms with van der Waals surface area (Å²) in [7, 11) is -4.39. The lowest BCUT2D eigenvalue weighted by molar-refractivity contribution is 0.259. The second kappa shape index (κ2) is 3.73. The molecule has 13 heavy (non-hydrogen) atoms. The van der Waals surface area contributed by atoms with Crippen molar-refractivity contribution in [2.24, 2.45) is 0 Å². The van der Waals surface area contributed by atoms with Crippen molar-refractivity contribution in [1.82, 2.24) is 0 Å². The Balaban J connectivity index is 2.61. The summed E-state index contributed by atoms with van der Waals surface area (Å²) in [5, 5.41) is 8.88. The van der Waals surface area contributed by atoms with Gasteiger partial charge in [-0.2, -0.15) is 8.42 Å². The summed E-state index contributed by atoms with van der Waals surface area (Å²) in [6.07, 6.45) is 0. The van der Waals surface area contributed by atoms with Gasteiger partial charge in [0.2, 0.25) is 0 Å². The molecule has 1 aromatic rings. The van der Waals surface area contributed by atoms with E-state index in [0.29, 0.717) is 5.56 Å². The fourth-order valence-corrected chi connectivity index (χ4v) is 1.02. The normalized spacial score (nSPS) is 11.5. The minimum atomic E-state index is -4.39. The lowest BCUT2D eigenvalue weighted by Gasteiger charge is -1.99. The van der Waals surface area contributed by atoms with Crippen LogP contribution in [0.25, 0.3) is 0 Å². The maximum absolute atomic E-state index is 10.2. The van der Waals surface area contributed by atoms with E-state index >= 15 is 0 Å². The smallest absolute Gasteiger partial charge is 0.397 e. The molecule has 5 nitrogen and oxygen atoms in total. The van der Waals surface area contributed by atoms with Gasteiger partial charge in [-0.25, -0.2) is 4.18 Å². The molecule has 2 N–H and O–H groups in total. The molecule has 0 radical (unpaired) electrons. The Morgan fingerprint density at radius 3 is 2.23 bits per heavy atom. The predicted molar refractivity (Wildman–Crippen MR) is 44.4 cm³/mol. The average molecular weight is 204 g/mol. The number of aromatic hydroxyl groups is 1. The van der Waals surface area contributed by atoms with Crippen molar-refractivity contribution >= 4 is 10.4 Å². The molecule has 0 aliphatic heterocycles. The van der Waals surface area contributed by atoms with E-state index in [0.717, 1.165) is 0 Å². The molecule has 0 aromatic heterocycles. The number of phenols is 1. The van der Waals surface area contributed by atoms with Crippen molar-refractivity contribution in [2.75, 3.05) is 0 Å². The SMILES string of the molecule is O=S(=O)(O)OCc1ccc(O)cc1. The van der Waals surface area contributed by atoms with Gasteiger partial charge in [0.1, 0.15) is 5.75 Å². The summed E-state index contributed by atoms with van der Waals surface area (Å²) in [6, 6.07) is 5.76. The summed E-state index contributed by atoms with van der Waals surface area (Å²) in [4.78, 5) is 0. The van der Waals surface area contributed by atoms with E-state index in [1.807, 2.05) is 0 Å². The first kappa shape index (κ1) is 9.97. The molecule has 0 aliphatic carbocycles. The van der Waals surface area contributed by atoms with Crippen LogP contribution in [-0.4, -0.2) is 18.1 Å². The van der Waals surface area contributed by atoms with Crippen molar-refractivity contribution in [1.29, 1.82) is 0 Å². The van der Waals surface area contributed by atoms with Crippen LogP contribution in [-0.2, 0) is 21.2 Å². The highest BCUT2D eigenvalue weighted by Crippen LogP contribution is 2.10. The lowest BCUT2D eigenvalue weighted by Crippen LogP contribution is -2.03. The van der Waals surface area contributed by atoms with E-state index < -0.39 is 10.4 Å². The van der Waals surface area contributed by atoms with Gasteiger partial charge in [0.05, 0.1) is 6.61 Å². The van der Waals surface area contributed by atoms with Crippen molar-refractivity contribution < 1.29 is 22.3 Å². The van der Waals surface area contributed by atoms with Gasteiger partial charge in [-0.1, -0.05) is 12.1 Å². The number of hydrogen-bond donors (Lipinski definition) is 2. The quantitative estimate of drug-likeness (QED) is 0.708. The fourth-order valence-electron chi connectivity index (χ4n) is 0.735. The zero-order valence-corrected chi connectivity index (χ0v) is 7.36. The molecule has 1 aromatic carbocycles. The zero-order chi connectivity index (χ0) is 9.90. The van der Waals surface area contributed by atoms with E-state index in [2.05, 4.69) is 4.18 Å². The molecule has 72 valence electrons. The molecule has 0 atom stereocenters. The number of phenolic OH excluding ortho intramolecular Hbond substituents is 1. The fraction of sp³-hybridized carbons (Fsp3) is 0.143. The zero-order valence-electron chi connectivity index (χ0n) is 6.54. The van der Waals surface area contributed by atoms with Crippen LogP contribution >= 0.6 is 0 Å². The molecule has 0 fully saturated rings. The summed E-state index contributed by atoms with van der Waals surface area (Å²) in [5.74, 6) is 0.0793. The minimum Gasteiger partial charge on any atom is -0.508 e. The topological polar surface area (TPSA) is 83.8 Å². The first-order chi connectivity index (χ1) is 5.97. The Morgan fingerprint density at radius 1 is 1.23 bits per heavy atom. The van der Waals surface area contributed by atoms with Crippen molar-refractivity contribution in [3.8, 4) is 5.75 Å². The van der Waals surface area contributed by atoms with Gasteiger partial charge in [0.25, 0.3) is 0 Å². The van der Waals surface area contributed by atoms with Gasteiger partial charge in [-0.05, 0) is 17.7 Å². The van der Waals surface area contributed by atoms with Crippen LogP contribution in [0.15, 0.2) is 24.3 Å². The second-order valence-electron chi connectivity index (χ2n) is 2.36. The highest BCUT2D eigenvalue weighted by Gasteiger charge is 2.04. The first-order valence-corrected chi connectivity index (χ1v) is 4.73. The molecule has 0 spiro atoms. The van der Waals surface area contributed by atoms with E-state index in [9.17, 15) is 8.42 Å². The Bertz CT molecular complexity index is 366. The highest BCUT2D eigenvalue weighted by molar-refractivity contribution is 7.80. The largest absolute Gasteiger partial charge is 0.508 e. The van der Waals surface area contributed by atoms with Crippen LogP contribution in [0.1, 0.15) is 5.56 Å². The Hall–Kier alpha value is -1.11. The number of benzene rings is 1. The van der Waals surface area contributed by atoms with Gasteiger partial charge < -0.3 is 5.11 Å². The third-order valence-electron chi connectivity index (χ3n) is 1.31. The molecule has 0 saturated carbocycles. The average Bonchev–Trinajstić information content (AvgIpc) is 2.02. The van der Waals surface area contributed by atoms with Crippen LogP contribution in [0, 0.1) is 0 Å². The van der Waals surface area contributed by atoms with E-state index in [1.54, 1.807) is 0 Å². The Labute approximate surface area is 75.5 Å². The molecule has 0 amide bonds. The molecule has 0 unspecified atom stereocenters. The first-order valence-electron chi connectivity index (χ1n) is 3.37. The molecule has 1 rings (SSSR count). The third kappa shape index (κ3) is 3.88. The molecule has 0 aliphatic rings. The third-order valence-corrected chi connectivity index (χ3v) is 1.73. The predicted octanol–water partition coefficient (Wildman–Crippen LogP) is 0.712. The van der Waals surface area contributed by atoms with Crippen LogP contribution in [0.4, 0.5) is 0 Å². The summed E-state index contributed by atoms with van der Waals surface area (Å²) >= 11 is 0. The van der Waals surface area contributed by atoms with E-state index in [-0.39, 0.29) is 12.4 Å². The van der Waals surface area contributed by atoms with Crippen molar-refractivity contribution in [2.45, 2.75) is 6.61 Å². The summed E-state index contributed by atoms with van der Waals surface area (Å²) < 4.78 is 32.6. The molecule has 0 saturated heterocycles. The standard InChI is InChI=1S/C7H8O5S/c8-7-3-1-6(2-4-7)5-12-13(9,10)11/h1-4,8H,5H2,(H,9,10,11). The highest BCUT2D eigenvalue weighted by atomic mass is 32.3. The molecule has 0 heterocycles. The lowest BCUT2D eigenvalue weighted by atomic mass is 10.2. The van der Waals surface area contributed by atoms with Gasteiger partial charge >= 0.3 is 10.4 Å². The molecule has 0 bridgehead atoms. The Kier molecular flexibility index (Phi) is 2.86. The van der Waals surface area contributed by atoms with Crippen molar-refractivity contribution in [3.05, 3.63) is 29.8 Å². The van der Waals surface area contributed by atoms with E-state index in [1.165, 1.54) is 24.3 Å². The van der Waals surface area contributed by atoms with Crippen LogP contribution in [0.2, 0.25) is 0 Å². The molecular weight excluding hydrogens is 196 g/mol. The maximum Gasteiger partial charge on any atom is 0.397 e. The minimum absolute atomic E-state index is 0.0793. The monoisotopic (exact) mass is 204 g/mol. The van der Waals surface area contributed by atoms with Gasteiger partial charge in [-0.15, -0.1) is 0 Å². The summed E-state index contributed by atoms with van der Waals surface area (Å²) in [5.41, 5.74) is 0.537. The summed E-state index contributed by atoms with van der Waals surface area (Å²) in [6.45, 7) is -0.251. The van der Waals surface area contributed by atoms with Crippen LogP contribution < -0.4 is 0 Å². The van der Waals surface area contributed by atoms with Gasteiger partial charge in [-0.3, -0.25) is 4.55 Å².